The molecule has 158 valence electrons. The third kappa shape index (κ3) is 6.45. The Bertz CT molecular complexity index is 860. The smallest absolute Gasteiger partial charge is 0.389 e. The summed E-state index contributed by atoms with van der Waals surface area (Å²) in [5.41, 5.74) is 8.14. The minimum Gasteiger partial charge on any atom is -0.457 e. The predicted molar refractivity (Wildman–Crippen MR) is 103 cm³/mol. The van der Waals surface area contributed by atoms with Gasteiger partial charge in [0.1, 0.15) is 17.2 Å². The van der Waals surface area contributed by atoms with Crippen LogP contribution in [-0.2, 0) is 28.4 Å². The largest absolute Gasteiger partial charge is 0.457 e. The van der Waals surface area contributed by atoms with Crippen molar-refractivity contribution in [3.8, 4) is 17.2 Å². The molecular formula is C20H22F3NO4S. The number of fused-ring (bicyclic) bond motifs is 1. The minimum atomic E-state index is -4.26. The second-order valence-corrected chi connectivity index (χ2v) is 7.62. The van der Waals surface area contributed by atoms with Crippen molar-refractivity contribution in [3.63, 3.8) is 0 Å². The van der Waals surface area contributed by atoms with Gasteiger partial charge in [-0.05, 0) is 61.1 Å². The van der Waals surface area contributed by atoms with E-state index in [0.717, 1.165) is 24.2 Å². The fraction of sp³-hybridized carbons (Fsp3) is 0.400. The van der Waals surface area contributed by atoms with E-state index in [2.05, 4.69) is 6.07 Å². The van der Waals surface area contributed by atoms with E-state index in [9.17, 15) is 17.4 Å². The zero-order chi connectivity index (χ0) is 20.9. The maximum atomic E-state index is 12.1. The van der Waals surface area contributed by atoms with Gasteiger partial charge >= 0.3 is 17.5 Å². The van der Waals surface area contributed by atoms with Crippen molar-refractivity contribution >= 4 is 11.4 Å². The summed E-state index contributed by atoms with van der Waals surface area (Å²) in [6.07, 6.45) is -3.77. The van der Waals surface area contributed by atoms with E-state index in [-0.39, 0.29) is 18.8 Å². The van der Waals surface area contributed by atoms with Gasteiger partial charge in [-0.3, -0.25) is 4.18 Å². The number of alkyl halides is 3. The summed E-state index contributed by atoms with van der Waals surface area (Å²) < 4.78 is 63.9. The lowest BCUT2D eigenvalue weighted by Gasteiger charge is -2.12. The van der Waals surface area contributed by atoms with Gasteiger partial charge in [0, 0.05) is 12.5 Å². The van der Waals surface area contributed by atoms with Crippen molar-refractivity contribution in [2.75, 3.05) is 13.2 Å². The van der Waals surface area contributed by atoms with Crippen LogP contribution in [0, 0.1) is 5.92 Å². The van der Waals surface area contributed by atoms with E-state index in [0.29, 0.717) is 18.2 Å². The van der Waals surface area contributed by atoms with E-state index in [1.807, 2.05) is 12.1 Å². The molecule has 0 saturated carbocycles. The van der Waals surface area contributed by atoms with Crippen molar-refractivity contribution in [1.29, 1.82) is 0 Å². The first-order chi connectivity index (χ1) is 13.8. The highest BCUT2D eigenvalue weighted by atomic mass is 32.2. The Morgan fingerprint density at radius 2 is 1.86 bits per heavy atom. The van der Waals surface area contributed by atoms with Crippen LogP contribution in [0.4, 0.5) is 13.2 Å². The van der Waals surface area contributed by atoms with Crippen LogP contribution in [0.15, 0.2) is 42.5 Å². The number of rotatable bonds is 9. The van der Waals surface area contributed by atoms with E-state index in [4.69, 9.17) is 18.8 Å². The van der Waals surface area contributed by atoms with Gasteiger partial charge in [-0.25, -0.2) is 0 Å². The van der Waals surface area contributed by atoms with Crippen LogP contribution in [0.2, 0.25) is 0 Å². The Kier molecular flexibility index (Phi) is 7.15. The molecule has 0 aliphatic heterocycles. The minimum absolute atomic E-state index is 0.226. The Balaban J connectivity index is 1.57. The van der Waals surface area contributed by atoms with Crippen LogP contribution in [0.25, 0.3) is 0 Å². The van der Waals surface area contributed by atoms with E-state index >= 15 is 0 Å². The third-order valence-corrected chi connectivity index (χ3v) is 5.23. The lowest BCUT2D eigenvalue weighted by Crippen LogP contribution is -2.13. The van der Waals surface area contributed by atoms with Gasteiger partial charge in [-0.2, -0.15) is 17.4 Å². The van der Waals surface area contributed by atoms with E-state index in [1.54, 1.807) is 24.3 Å². The SMILES string of the molecule is NCC1Cc2cccc(Oc3cccc(OS(=O)OCCCC(F)(F)F)c3)c2C1. The summed E-state index contributed by atoms with van der Waals surface area (Å²) >= 11 is -2.20. The van der Waals surface area contributed by atoms with Crippen molar-refractivity contribution < 1.29 is 30.5 Å². The van der Waals surface area contributed by atoms with Crippen molar-refractivity contribution in [2.45, 2.75) is 31.9 Å². The highest BCUT2D eigenvalue weighted by Crippen LogP contribution is 2.36. The van der Waals surface area contributed by atoms with Crippen LogP contribution in [0.3, 0.4) is 0 Å². The second kappa shape index (κ2) is 9.60. The molecule has 1 aliphatic carbocycles. The second-order valence-electron chi connectivity index (χ2n) is 6.81. The Hall–Kier alpha value is -2.10. The first-order valence-electron chi connectivity index (χ1n) is 9.23. The Labute approximate surface area is 169 Å². The van der Waals surface area contributed by atoms with Gasteiger partial charge < -0.3 is 14.7 Å². The van der Waals surface area contributed by atoms with Gasteiger partial charge in [-0.15, -0.1) is 0 Å². The first-order valence-corrected chi connectivity index (χ1v) is 10.2. The van der Waals surface area contributed by atoms with E-state index < -0.39 is 24.0 Å². The summed E-state index contributed by atoms with van der Waals surface area (Å²) in [5.74, 6) is 1.85. The van der Waals surface area contributed by atoms with Crippen molar-refractivity contribution in [1.82, 2.24) is 0 Å². The lowest BCUT2D eigenvalue weighted by molar-refractivity contribution is -0.136. The van der Waals surface area contributed by atoms with Crippen LogP contribution in [0.1, 0.15) is 24.0 Å². The molecule has 0 fully saturated rings. The summed E-state index contributed by atoms with van der Waals surface area (Å²) in [5, 5.41) is 0. The Morgan fingerprint density at radius 3 is 2.62 bits per heavy atom. The summed E-state index contributed by atoms with van der Waals surface area (Å²) in [6.45, 7) is 0.299. The third-order valence-electron chi connectivity index (χ3n) is 4.55. The predicted octanol–water partition coefficient (Wildman–Crippen LogP) is 4.47. The molecule has 2 aromatic carbocycles. The molecule has 0 spiro atoms. The highest BCUT2D eigenvalue weighted by molar-refractivity contribution is 7.75. The summed E-state index contributed by atoms with van der Waals surface area (Å²) in [4.78, 5) is 0. The fourth-order valence-electron chi connectivity index (χ4n) is 3.19. The van der Waals surface area contributed by atoms with Gasteiger partial charge in [-0.1, -0.05) is 18.2 Å². The molecule has 0 saturated heterocycles. The molecule has 2 N–H and O–H groups in total. The van der Waals surface area contributed by atoms with Gasteiger partial charge in [0.2, 0.25) is 0 Å². The number of benzene rings is 2. The molecule has 1 aliphatic rings. The molecule has 0 radical (unpaired) electrons. The summed E-state index contributed by atoms with van der Waals surface area (Å²) in [7, 11) is 0. The highest BCUT2D eigenvalue weighted by Gasteiger charge is 2.26. The summed E-state index contributed by atoms with van der Waals surface area (Å²) in [6, 6.07) is 12.4. The molecule has 9 heteroatoms. The van der Waals surface area contributed by atoms with Crippen LogP contribution in [-0.4, -0.2) is 23.5 Å². The molecule has 3 rings (SSSR count). The monoisotopic (exact) mass is 429 g/mol. The van der Waals surface area contributed by atoms with Crippen LogP contribution < -0.4 is 14.7 Å². The number of halogens is 3. The maximum Gasteiger partial charge on any atom is 0.389 e. The van der Waals surface area contributed by atoms with Gasteiger partial charge in [0.05, 0.1) is 6.61 Å². The van der Waals surface area contributed by atoms with Crippen molar-refractivity contribution in [3.05, 3.63) is 53.6 Å². The van der Waals surface area contributed by atoms with Gasteiger partial charge in [0.15, 0.2) is 0 Å². The number of hydrogen-bond donors (Lipinski definition) is 1. The Morgan fingerprint density at radius 1 is 1.10 bits per heavy atom. The van der Waals surface area contributed by atoms with E-state index in [1.165, 1.54) is 5.56 Å². The standard InChI is InChI=1S/C20H22F3NO4S/c21-20(22,23)8-3-9-26-29(25)28-17-6-2-5-16(12-17)27-19-7-1-4-15-10-14(13-24)11-18(15)19/h1-2,4-7,12,14H,3,8-11,13,24H2. The number of ether oxygens (including phenoxy) is 1. The zero-order valence-corrected chi connectivity index (χ0v) is 16.4. The molecule has 0 amide bonds. The average molecular weight is 429 g/mol. The fourth-order valence-corrected chi connectivity index (χ4v) is 3.75. The average Bonchev–Trinajstić information content (AvgIpc) is 3.09. The van der Waals surface area contributed by atoms with Gasteiger partial charge in [0.25, 0.3) is 0 Å². The van der Waals surface area contributed by atoms with Crippen LogP contribution >= 0.6 is 0 Å². The molecule has 0 bridgehead atoms. The quantitative estimate of drug-likeness (QED) is 0.596. The molecule has 2 atom stereocenters. The number of nitrogens with two attached hydrogens (primary N) is 1. The topological polar surface area (TPSA) is 70.8 Å². The molecule has 5 nitrogen and oxygen atoms in total. The number of hydrogen-bond acceptors (Lipinski definition) is 5. The molecule has 2 unspecified atom stereocenters. The molecular weight excluding hydrogens is 407 g/mol. The first kappa shape index (κ1) is 21.6. The molecule has 2 aromatic rings. The normalized spacial score (nSPS) is 17.0. The van der Waals surface area contributed by atoms with Crippen molar-refractivity contribution in [2.24, 2.45) is 11.7 Å². The van der Waals surface area contributed by atoms with Crippen LogP contribution in [0.5, 0.6) is 17.2 Å². The maximum absolute atomic E-state index is 12.1. The molecule has 0 aromatic heterocycles. The molecule has 29 heavy (non-hydrogen) atoms. The molecule has 0 heterocycles. The lowest BCUT2D eigenvalue weighted by atomic mass is 10.1. The zero-order valence-electron chi connectivity index (χ0n) is 15.6.